The van der Waals surface area contributed by atoms with Crippen molar-refractivity contribution in [3.8, 4) is 0 Å². The number of thiophene rings is 1. The van der Waals surface area contributed by atoms with Gasteiger partial charge in [-0.1, -0.05) is 0 Å². The van der Waals surface area contributed by atoms with Crippen LogP contribution in [0.5, 0.6) is 0 Å². The number of aromatic nitrogens is 2. The molecule has 1 saturated heterocycles. The third kappa shape index (κ3) is 2.97. The third-order valence-electron chi connectivity index (χ3n) is 3.36. The molecule has 2 aromatic heterocycles. The van der Waals surface area contributed by atoms with E-state index in [0.29, 0.717) is 17.3 Å². The lowest BCUT2D eigenvalue weighted by Gasteiger charge is -2.33. The fourth-order valence-corrected chi connectivity index (χ4v) is 3.03. The summed E-state index contributed by atoms with van der Waals surface area (Å²) in [6.07, 6.45) is 0. The zero-order valence-electron chi connectivity index (χ0n) is 10.7. The minimum absolute atomic E-state index is 0. The van der Waals surface area contributed by atoms with Crippen molar-refractivity contribution in [2.45, 2.75) is 19.5 Å². The molecule has 1 fully saturated rings. The van der Waals surface area contributed by atoms with Gasteiger partial charge in [-0.15, -0.1) is 23.7 Å². The lowest BCUT2D eigenvalue weighted by molar-refractivity contribution is 0.162. The second kappa shape index (κ2) is 6.00. The van der Waals surface area contributed by atoms with E-state index in [1.165, 1.54) is 11.3 Å². The van der Waals surface area contributed by atoms with Crippen LogP contribution in [0.4, 0.5) is 0 Å². The molecule has 1 aliphatic rings. The summed E-state index contributed by atoms with van der Waals surface area (Å²) in [4.78, 5) is 21.6. The Bertz CT molecular complexity index is 611. The van der Waals surface area contributed by atoms with Crippen LogP contribution >= 0.6 is 23.7 Å². The fraction of sp³-hybridized carbons (Fsp3) is 0.500. The van der Waals surface area contributed by atoms with Gasteiger partial charge in [0.15, 0.2) is 0 Å². The van der Waals surface area contributed by atoms with E-state index in [-0.39, 0.29) is 18.0 Å². The van der Waals surface area contributed by atoms with E-state index in [1.807, 2.05) is 11.4 Å². The van der Waals surface area contributed by atoms with Gasteiger partial charge in [-0.2, -0.15) is 0 Å². The van der Waals surface area contributed by atoms with Gasteiger partial charge in [-0.05, 0) is 18.4 Å². The molecule has 0 radical (unpaired) electrons. The van der Waals surface area contributed by atoms with Crippen LogP contribution in [0.2, 0.25) is 0 Å². The molecule has 1 aliphatic heterocycles. The average Bonchev–Trinajstić information content (AvgIpc) is 2.81. The van der Waals surface area contributed by atoms with Crippen molar-refractivity contribution < 1.29 is 0 Å². The van der Waals surface area contributed by atoms with Crippen LogP contribution in [0.3, 0.4) is 0 Å². The maximum atomic E-state index is 11.9. The summed E-state index contributed by atoms with van der Waals surface area (Å²) >= 11 is 1.44. The Balaban J connectivity index is 0.00000133. The first-order chi connectivity index (χ1) is 8.74. The van der Waals surface area contributed by atoms with Crippen LogP contribution in [0.15, 0.2) is 16.2 Å². The predicted octanol–water partition coefficient (Wildman–Crippen LogP) is 1.20. The Kier molecular flexibility index (Phi) is 4.57. The second-order valence-electron chi connectivity index (χ2n) is 4.67. The SMILES string of the molecule is C[C@H]1CNCCN1Cc1nc2ccsc2c(=O)[nH]1.Cl. The highest BCUT2D eigenvalue weighted by atomic mass is 35.5. The van der Waals surface area contributed by atoms with Crippen molar-refractivity contribution in [1.82, 2.24) is 20.2 Å². The summed E-state index contributed by atoms with van der Waals surface area (Å²) in [6, 6.07) is 2.38. The minimum atomic E-state index is -0.0206. The highest BCUT2D eigenvalue weighted by Gasteiger charge is 2.19. The van der Waals surface area contributed by atoms with E-state index >= 15 is 0 Å². The van der Waals surface area contributed by atoms with Crippen LogP contribution in [-0.2, 0) is 6.54 Å². The smallest absolute Gasteiger partial charge is 0.268 e. The Morgan fingerprint density at radius 2 is 2.42 bits per heavy atom. The van der Waals surface area contributed by atoms with E-state index in [9.17, 15) is 4.79 Å². The van der Waals surface area contributed by atoms with Crippen molar-refractivity contribution in [1.29, 1.82) is 0 Å². The van der Waals surface area contributed by atoms with Crippen molar-refractivity contribution in [2.24, 2.45) is 0 Å². The normalized spacial score (nSPS) is 20.4. The van der Waals surface area contributed by atoms with E-state index in [1.54, 1.807) is 0 Å². The van der Waals surface area contributed by atoms with Crippen molar-refractivity contribution >= 4 is 34.0 Å². The number of H-pyrrole nitrogens is 1. The summed E-state index contributed by atoms with van der Waals surface area (Å²) in [7, 11) is 0. The number of piperazine rings is 1. The van der Waals surface area contributed by atoms with Crippen LogP contribution in [0.25, 0.3) is 10.2 Å². The van der Waals surface area contributed by atoms with Gasteiger partial charge in [-0.3, -0.25) is 9.69 Å². The molecule has 2 aromatic rings. The molecule has 0 aromatic carbocycles. The fourth-order valence-electron chi connectivity index (χ4n) is 2.31. The number of hydrogen-bond donors (Lipinski definition) is 2. The van der Waals surface area contributed by atoms with Crippen LogP contribution in [-0.4, -0.2) is 40.5 Å². The minimum Gasteiger partial charge on any atom is -0.314 e. The Morgan fingerprint density at radius 3 is 3.21 bits per heavy atom. The molecular formula is C12H17ClN4OS. The molecule has 0 unspecified atom stereocenters. The molecule has 3 heterocycles. The summed E-state index contributed by atoms with van der Waals surface area (Å²) in [5.74, 6) is 0.764. The van der Waals surface area contributed by atoms with Gasteiger partial charge in [0, 0.05) is 25.7 Å². The molecule has 19 heavy (non-hydrogen) atoms. The molecule has 3 rings (SSSR count). The summed E-state index contributed by atoms with van der Waals surface area (Å²) in [5.41, 5.74) is 0.786. The monoisotopic (exact) mass is 300 g/mol. The van der Waals surface area contributed by atoms with Gasteiger partial charge < -0.3 is 10.3 Å². The van der Waals surface area contributed by atoms with Crippen LogP contribution < -0.4 is 10.9 Å². The number of fused-ring (bicyclic) bond motifs is 1. The van der Waals surface area contributed by atoms with E-state index in [2.05, 4.69) is 27.1 Å². The molecule has 2 N–H and O–H groups in total. The quantitative estimate of drug-likeness (QED) is 0.875. The standard InChI is InChI=1S/C12H16N4OS.ClH/c1-8-6-13-3-4-16(8)7-10-14-9-2-5-18-11(9)12(17)15-10;/h2,5,8,13H,3-4,6-7H2,1H3,(H,14,15,17);1H/t8-;/m0./s1. The Labute approximate surface area is 121 Å². The molecule has 5 nitrogen and oxygen atoms in total. The number of halogens is 1. The van der Waals surface area contributed by atoms with E-state index in [0.717, 1.165) is 31.0 Å². The van der Waals surface area contributed by atoms with Gasteiger partial charge in [0.1, 0.15) is 10.5 Å². The number of nitrogens with one attached hydrogen (secondary N) is 2. The second-order valence-corrected chi connectivity index (χ2v) is 5.59. The molecule has 0 spiro atoms. The first-order valence-electron chi connectivity index (χ1n) is 6.15. The third-order valence-corrected chi connectivity index (χ3v) is 4.26. The van der Waals surface area contributed by atoms with E-state index < -0.39 is 0 Å². The molecule has 0 saturated carbocycles. The Hall–Kier alpha value is -0.950. The molecule has 104 valence electrons. The average molecular weight is 301 g/mol. The lowest BCUT2D eigenvalue weighted by atomic mass is 10.2. The highest BCUT2D eigenvalue weighted by Crippen LogP contribution is 2.14. The van der Waals surface area contributed by atoms with Gasteiger partial charge in [0.2, 0.25) is 0 Å². The van der Waals surface area contributed by atoms with Gasteiger partial charge in [-0.25, -0.2) is 4.98 Å². The lowest BCUT2D eigenvalue weighted by Crippen LogP contribution is -2.49. The first-order valence-corrected chi connectivity index (χ1v) is 7.03. The number of nitrogens with zero attached hydrogens (tertiary/aromatic N) is 2. The van der Waals surface area contributed by atoms with Crippen molar-refractivity contribution in [3.05, 3.63) is 27.6 Å². The van der Waals surface area contributed by atoms with Crippen LogP contribution in [0.1, 0.15) is 12.7 Å². The van der Waals surface area contributed by atoms with E-state index in [4.69, 9.17) is 0 Å². The molecule has 1 atom stereocenters. The van der Waals surface area contributed by atoms with Crippen molar-refractivity contribution in [3.63, 3.8) is 0 Å². The maximum Gasteiger partial charge on any atom is 0.268 e. The zero-order chi connectivity index (χ0) is 12.5. The predicted molar refractivity (Wildman–Crippen MR) is 80.2 cm³/mol. The van der Waals surface area contributed by atoms with Crippen molar-refractivity contribution in [2.75, 3.05) is 19.6 Å². The summed E-state index contributed by atoms with van der Waals surface area (Å²) < 4.78 is 0.715. The van der Waals surface area contributed by atoms with Gasteiger partial charge in [0.25, 0.3) is 5.56 Å². The molecule has 7 heteroatoms. The van der Waals surface area contributed by atoms with Crippen LogP contribution in [0, 0.1) is 0 Å². The molecule has 0 bridgehead atoms. The number of hydrogen-bond acceptors (Lipinski definition) is 5. The molecule has 0 amide bonds. The van der Waals surface area contributed by atoms with Gasteiger partial charge >= 0.3 is 0 Å². The largest absolute Gasteiger partial charge is 0.314 e. The molecule has 0 aliphatic carbocycles. The number of rotatable bonds is 2. The number of aromatic amines is 1. The first kappa shape index (κ1) is 14.5. The molecular weight excluding hydrogens is 284 g/mol. The summed E-state index contributed by atoms with van der Waals surface area (Å²) in [5, 5.41) is 5.26. The van der Waals surface area contributed by atoms with Gasteiger partial charge in [0.05, 0.1) is 12.1 Å². The topological polar surface area (TPSA) is 61.0 Å². The summed E-state index contributed by atoms with van der Waals surface area (Å²) in [6.45, 7) is 5.88. The zero-order valence-corrected chi connectivity index (χ0v) is 12.3. The maximum absolute atomic E-state index is 11.9. The highest BCUT2D eigenvalue weighted by molar-refractivity contribution is 7.17. The Morgan fingerprint density at radius 1 is 1.58 bits per heavy atom.